The van der Waals surface area contributed by atoms with Crippen molar-refractivity contribution in [2.45, 2.75) is 26.2 Å². The van der Waals surface area contributed by atoms with Gasteiger partial charge in [0.2, 0.25) is 0 Å². The van der Waals surface area contributed by atoms with Gasteiger partial charge in [0, 0.05) is 6.08 Å². The Balaban J connectivity index is 3.57. The second kappa shape index (κ2) is 7.12. The number of esters is 1. The van der Waals surface area contributed by atoms with Gasteiger partial charge in [-0.15, -0.1) is 0 Å². The van der Waals surface area contributed by atoms with Crippen LogP contribution in [0.4, 0.5) is 0 Å². The van der Waals surface area contributed by atoms with Gasteiger partial charge in [0.05, 0.1) is 12.5 Å². The van der Waals surface area contributed by atoms with Crippen molar-refractivity contribution in [3.05, 3.63) is 12.7 Å². The molecule has 0 aliphatic heterocycles. The summed E-state index contributed by atoms with van der Waals surface area (Å²) in [5, 5.41) is 8.70. The summed E-state index contributed by atoms with van der Waals surface area (Å²) >= 11 is 0. The molecule has 0 saturated carbocycles. The lowest BCUT2D eigenvalue weighted by Gasteiger charge is -2.08. The van der Waals surface area contributed by atoms with Crippen LogP contribution in [0.5, 0.6) is 0 Å². The van der Waals surface area contributed by atoms with Gasteiger partial charge in [-0.05, 0) is 19.3 Å². The molecule has 0 fully saturated rings. The third kappa shape index (κ3) is 5.35. The highest BCUT2D eigenvalue weighted by molar-refractivity contribution is 5.81. The summed E-state index contributed by atoms with van der Waals surface area (Å²) in [5.41, 5.74) is 0. The Labute approximate surface area is 83.6 Å². The standard InChI is InChI=1S/C10H16O4/c1-3-8(10(12)13)6-5-7-14-9(11)4-2/h4,8H,2-3,5-7H2,1H3,(H,12,13). The number of aliphatic carboxylic acids is 1. The Morgan fingerprint density at radius 3 is 2.64 bits per heavy atom. The van der Waals surface area contributed by atoms with Crippen LogP contribution in [0, 0.1) is 5.92 Å². The molecule has 0 rings (SSSR count). The van der Waals surface area contributed by atoms with Crippen molar-refractivity contribution < 1.29 is 19.4 Å². The van der Waals surface area contributed by atoms with E-state index in [2.05, 4.69) is 6.58 Å². The summed E-state index contributed by atoms with van der Waals surface area (Å²) in [4.78, 5) is 21.2. The van der Waals surface area contributed by atoms with Gasteiger partial charge in [0.15, 0.2) is 0 Å². The summed E-state index contributed by atoms with van der Waals surface area (Å²) in [7, 11) is 0. The van der Waals surface area contributed by atoms with E-state index in [9.17, 15) is 9.59 Å². The third-order valence-electron chi connectivity index (χ3n) is 1.95. The maximum absolute atomic E-state index is 10.6. The molecule has 14 heavy (non-hydrogen) atoms. The molecule has 1 N–H and O–H groups in total. The lowest BCUT2D eigenvalue weighted by molar-refractivity contribution is -0.142. The van der Waals surface area contributed by atoms with E-state index in [0.717, 1.165) is 6.08 Å². The Bertz CT molecular complexity index is 210. The highest BCUT2D eigenvalue weighted by Crippen LogP contribution is 2.10. The van der Waals surface area contributed by atoms with Crippen molar-refractivity contribution in [1.29, 1.82) is 0 Å². The molecule has 0 heterocycles. The van der Waals surface area contributed by atoms with Crippen LogP contribution in [0.1, 0.15) is 26.2 Å². The molecule has 0 spiro atoms. The van der Waals surface area contributed by atoms with E-state index < -0.39 is 11.9 Å². The minimum atomic E-state index is -0.789. The zero-order chi connectivity index (χ0) is 11.0. The largest absolute Gasteiger partial charge is 0.481 e. The zero-order valence-electron chi connectivity index (χ0n) is 8.36. The normalized spacial score (nSPS) is 11.8. The minimum absolute atomic E-state index is 0.259. The lowest BCUT2D eigenvalue weighted by Crippen LogP contribution is -2.13. The number of carboxylic acid groups (broad SMARTS) is 1. The van der Waals surface area contributed by atoms with Crippen LogP contribution in [-0.4, -0.2) is 23.7 Å². The van der Waals surface area contributed by atoms with Gasteiger partial charge in [-0.25, -0.2) is 4.79 Å². The average Bonchev–Trinajstić information content (AvgIpc) is 2.16. The fourth-order valence-corrected chi connectivity index (χ4v) is 1.06. The van der Waals surface area contributed by atoms with Crippen LogP contribution in [0.25, 0.3) is 0 Å². The van der Waals surface area contributed by atoms with E-state index in [-0.39, 0.29) is 12.5 Å². The monoisotopic (exact) mass is 200 g/mol. The first-order valence-electron chi connectivity index (χ1n) is 4.63. The summed E-state index contributed by atoms with van der Waals surface area (Å²) in [6, 6.07) is 0. The third-order valence-corrected chi connectivity index (χ3v) is 1.95. The number of carbonyl (C=O) groups is 2. The molecule has 4 heteroatoms. The number of hydrogen-bond acceptors (Lipinski definition) is 3. The SMILES string of the molecule is C=CC(=O)OCCCC(CC)C(=O)O. The molecular formula is C10H16O4. The van der Waals surface area contributed by atoms with Crippen LogP contribution in [0.2, 0.25) is 0 Å². The van der Waals surface area contributed by atoms with Crippen molar-refractivity contribution >= 4 is 11.9 Å². The summed E-state index contributed by atoms with van der Waals surface area (Å²) in [6.45, 7) is 5.34. The molecular weight excluding hydrogens is 184 g/mol. The van der Waals surface area contributed by atoms with Crippen LogP contribution in [0.15, 0.2) is 12.7 Å². The molecule has 1 atom stereocenters. The second-order valence-corrected chi connectivity index (χ2v) is 2.96. The van der Waals surface area contributed by atoms with E-state index in [1.165, 1.54) is 0 Å². The Hall–Kier alpha value is -1.32. The maximum Gasteiger partial charge on any atom is 0.330 e. The van der Waals surface area contributed by atoms with E-state index >= 15 is 0 Å². The summed E-state index contributed by atoms with van der Waals surface area (Å²) in [5.74, 6) is -1.59. The van der Waals surface area contributed by atoms with Gasteiger partial charge >= 0.3 is 11.9 Å². The smallest absolute Gasteiger partial charge is 0.330 e. The quantitative estimate of drug-likeness (QED) is 0.385. The molecule has 80 valence electrons. The molecule has 1 unspecified atom stereocenters. The van der Waals surface area contributed by atoms with Crippen molar-refractivity contribution in [2.24, 2.45) is 5.92 Å². The van der Waals surface area contributed by atoms with Gasteiger partial charge in [0.1, 0.15) is 0 Å². The molecule has 0 aliphatic rings. The maximum atomic E-state index is 10.6. The number of carbonyl (C=O) groups excluding carboxylic acids is 1. The Kier molecular flexibility index (Phi) is 6.45. The van der Waals surface area contributed by atoms with Crippen LogP contribution in [-0.2, 0) is 14.3 Å². The predicted molar refractivity (Wildman–Crippen MR) is 51.8 cm³/mol. The molecule has 0 radical (unpaired) electrons. The van der Waals surface area contributed by atoms with Crippen molar-refractivity contribution in [3.8, 4) is 0 Å². The molecule has 0 saturated heterocycles. The Morgan fingerprint density at radius 1 is 1.57 bits per heavy atom. The van der Waals surface area contributed by atoms with Gasteiger partial charge in [-0.2, -0.15) is 0 Å². The molecule has 4 nitrogen and oxygen atoms in total. The zero-order valence-corrected chi connectivity index (χ0v) is 8.36. The summed E-state index contributed by atoms with van der Waals surface area (Å²) < 4.78 is 4.72. The summed E-state index contributed by atoms with van der Waals surface area (Å²) in [6.07, 6.45) is 2.81. The number of hydrogen-bond donors (Lipinski definition) is 1. The fraction of sp³-hybridized carbons (Fsp3) is 0.600. The van der Waals surface area contributed by atoms with Gasteiger partial charge < -0.3 is 9.84 Å². The number of carboxylic acids is 1. The predicted octanol–water partition coefficient (Wildman–Crippen LogP) is 1.61. The van der Waals surface area contributed by atoms with Gasteiger partial charge in [-0.1, -0.05) is 13.5 Å². The lowest BCUT2D eigenvalue weighted by atomic mass is 10.0. The average molecular weight is 200 g/mol. The van der Waals surface area contributed by atoms with Gasteiger partial charge in [0.25, 0.3) is 0 Å². The number of rotatable bonds is 7. The van der Waals surface area contributed by atoms with E-state index in [4.69, 9.17) is 9.84 Å². The van der Waals surface area contributed by atoms with E-state index in [0.29, 0.717) is 19.3 Å². The van der Waals surface area contributed by atoms with Crippen molar-refractivity contribution in [3.63, 3.8) is 0 Å². The molecule has 0 aromatic heterocycles. The van der Waals surface area contributed by atoms with Gasteiger partial charge in [-0.3, -0.25) is 4.79 Å². The van der Waals surface area contributed by atoms with Crippen LogP contribution >= 0.6 is 0 Å². The van der Waals surface area contributed by atoms with E-state index in [1.54, 1.807) is 0 Å². The first-order valence-corrected chi connectivity index (χ1v) is 4.63. The first-order chi connectivity index (χ1) is 6.61. The van der Waals surface area contributed by atoms with Crippen molar-refractivity contribution in [1.82, 2.24) is 0 Å². The Morgan fingerprint density at radius 2 is 2.21 bits per heavy atom. The van der Waals surface area contributed by atoms with Crippen molar-refractivity contribution in [2.75, 3.05) is 6.61 Å². The molecule has 0 aliphatic carbocycles. The number of ether oxygens (including phenoxy) is 1. The molecule has 0 bridgehead atoms. The molecule has 0 aromatic rings. The molecule has 0 aromatic carbocycles. The topological polar surface area (TPSA) is 63.6 Å². The highest BCUT2D eigenvalue weighted by Gasteiger charge is 2.14. The van der Waals surface area contributed by atoms with Crippen LogP contribution < -0.4 is 0 Å². The minimum Gasteiger partial charge on any atom is -0.481 e. The molecule has 0 amide bonds. The first kappa shape index (κ1) is 12.7. The van der Waals surface area contributed by atoms with Crippen LogP contribution in [0.3, 0.4) is 0 Å². The fourth-order valence-electron chi connectivity index (χ4n) is 1.06. The second-order valence-electron chi connectivity index (χ2n) is 2.96. The highest BCUT2D eigenvalue weighted by atomic mass is 16.5. The van der Waals surface area contributed by atoms with E-state index in [1.807, 2.05) is 6.92 Å².